The first-order valence-corrected chi connectivity index (χ1v) is 11.5. The van der Waals surface area contributed by atoms with Crippen molar-refractivity contribution in [2.45, 2.75) is 20.0 Å². The number of benzene rings is 4. The number of aliphatic hydroxyl groups excluding tert-OH is 1. The molecule has 0 fully saturated rings. The number of nitrogens with one attached hydrogen (secondary N) is 1. The van der Waals surface area contributed by atoms with Crippen LogP contribution in [0.3, 0.4) is 0 Å². The largest absolute Gasteiger partial charge is 0.507 e. The monoisotopic (exact) mass is 477 g/mol. The van der Waals surface area contributed by atoms with E-state index in [0.29, 0.717) is 16.8 Å². The summed E-state index contributed by atoms with van der Waals surface area (Å²) < 4.78 is 5.53. The van der Waals surface area contributed by atoms with Gasteiger partial charge in [0.1, 0.15) is 5.76 Å². The van der Waals surface area contributed by atoms with E-state index in [1.165, 1.54) is 0 Å². The molecule has 5 rings (SSSR count). The summed E-state index contributed by atoms with van der Waals surface area (Å²) in [6.45, 7) is 3.69. The minimum absolute atomic E-state index is 0.286. The first kappa shape index (κ1) is 23.1. The first-order chi connectivity index (χ1) is 17.3. The third-order valence-corrected chi connectivity index (χ3v) is 6.32. The number of hydrogen-bond donors (Lipinski definition) is 2. The maximum atomic E-state index is 13.6. The van der Waals surface area contributed by atoms with E-state index < -0.39 is 29.5 Å². The smallest absolute Gasteiger partial charge is 0.339 e. The minimum atomic E-state index is -1.22. The predicted octanol–water partition coefficient (Wildman–Crippen LogP) is 5.85. The molecular formula is C30H23NO5. The van der Waals surface area contributed by atoms with Gasteiger partial charge in [-0.1, -0.05) is 66.7 Å². The third-order valence-electron chi connectivity index (χ3n) is 6.32. The van der Waals surface area contributed by atoms with E-state index in [9.17, 15) is 19.5 Å². The fraction of sp³-hybridized carbons (Fsp3) is 0.100. The highest BCUT2D eigenvalue weighted by Gasteiger charge is 2.40. The van der Waals surface area contributed by atoms with Gasteiger partial charge >= 0.3 is 5.97 Å². The molecule has 178 valence electrons. The molecule has 36 heavy (non-hydrogen) atoms. The molecule has 4 aromatic rings. The Morgan fingerprint density at radius 3 is 2.39 bits per heavy atom. The van der Waals surface area contributed by atoms with Gasteiger partial charge in [-0.15, -0.1) is 0 Å². The van der Waals surface area contributed by atoms with Crippen molar-refractivity contribution in [3.63, 3.8) is 0 Å². The molecule has 4 aromatic carbocycles. The van der Waals surface area contributed by atoms with Crippen molar-refractivity contribution in [2.24, 2.45) is 0 Å². The van der Waals surface area contributed by atoms with Gasteiger partial charge in [0, 0.05) is 16.8 Å². The number of aryl methyl sites for hydroxylation is 2. The molecule has 0 saturated carbocycles. The summed E-state index contributed by atoms with van der Waals surface area (Å²) in [4.78, 5) is 39.3. The number of anilines is 1. The summed E-state index contributed by atoms with van der Waals surface area (Å²) in [7, 11) is 0. The quantitative estimate of drug-likeness (QED) is 0.163. The lowest BCUT2D eigenvalue weighted by molar-refractivity contribution is -0.133. The molecule has 0 bridgehead atoms. The number of carbonyl (C=O) groups is 3. The van der Waals surface area contributed by atoms with Crippen LogP contribution in [0, 0.1) is 13.8 Å². The molecule has 6 heteroatoms. The van der Waals surface area contributed by atoms with Gasteiger partial charge in [0.2, 0.25) is 0 Å². The Morgan fingerprint density at radius 1 is 0.861 bits per heavy atom. The lowest BCUT2D eigenvalue weighted by atomic mass is 9.92. The molecule has 1 aliphatic rings. The molecule has 1 heterocycles. The number of ether oxygens (including phenoxy) is 1. The molecule has 0 aliphatic carbocycles. The molecule has 2 N–H and O–H groups in total. The minimum Gasteiger partial charge on any atom is -0.507 e. The first-order valence-electron chi connectivity index (χ1n) is 11.5. The van der Waals surface area contributed by atoms with E-state index in [2.05, 4.69) is 5.32 Å². The van der Waals surface area contributed by atoms with E-state index in [1.54, 1.807) is 42.5 Å². The van der Waals surface area contributed by atoms with E-state index >= 15 is 0 Å². The van der Waals surface area contributed by atoms with Crippen LogP contribution in [0.1, 0.15) is 38.7 Å². The number of hydrogen-bond acceptors (Lipinski definition) is 5. The number of fused-ring (bicyclic) bond motifs is 2. The van der Waals surface area contributed by atoms with Crippen molar-refractivity contribution in [2.75, 3.05) is 5.32 Å². The topological polar surface area (TPSA) is 92.7 Å². The summed E-state index contributed by atoms with van der Waals surface area (Å²) in [6.07, 6.45) is -1.22. The van der Waals surface area contributed by atoms with Gasteiger partial charge in [0.05, 0.1) is 11.1 Å². The number of ketones is 1. The average Bonchev–Trinajstić information content (AvgIpc) is 3.22. The standard InChI is InChI=1S/C30H23NO5/c1-17-11-12-18(2)24(15-17)31-29(34)27(33)25(28-22-9-5-6-10-23(22)30(35)36-28)26(32)21-14-13-19-7-3-4-8-20(19)16-21/h3-16,28,32H,1-2H3,(H,31,34)/b26-25-/t28-/m0/s1. The Morgan fingerprint density at radius 2 is 1.58 bits per heavy atom. The van der Waals surface area contributed by atoms with Crippen molar-refractivity contribution in [3.05, 3.63) is 118 Å². The van der Waals surface area contributed by atoms with Crippen molar-refractivity contribution in [1.29, 1.82) is 0 Å². The molecule has 1 amide bonds. The molecule has 1 aliphatic heterocycles. The summed E-state index contributed by atoms with van der Waals surface area (Å²) in [5.41, 5.74) is 2.91. The number of esters is 1. The second kappa shape index (κ2) is 9.15. The van der Waals surface area contributed by atoms with E-state index in [1.807, 2.05) is 56.3 Å². The predicted molar refractivity (Wildman–Crippen MR) is 138 cm³/mol. The van der Waals surface area contributed by atoms with Crippen LogP contribution in [-0.2, 0) is 14.3 Å². The SMILES string of the molecule is Cc1ccc(C)c(NC(=O)C(=O)/C(=C(/O)c2ccc3ccccc3c2)[C@H]2OC(=O)c3ccccc32)c1. The lowest BCUT2D eigenvalue weighted by Gasteiger charge is -2.17. The zero-order chi connectivity index (χ0) is 25.4. The average molecular weight is 478 g/mol. The van der Waals surface area contributed by atoms with Crippen LogP contribution >= 0.6 is 0 Å². The number of aliphatic hydroxyl groups is 1. The van der Waals surface area contributed by atoms with Gasteiger partial charge in [0.15, 0.2) is 6.10 Å². The maximum Gasteiger partial charge on any atom is 0.339 e. The molecule has 6 nitrogen and oxygen atoms in total. The van der Waals surface area contributed by atoms with E-state index in [4.69, 9.17) is 4.74 Å². The third kappa shape index (κ3) is 4.14. The molecular weight excluding hydrogens is 454 g/mol. The van der Waals surface area contributed by atoms with Crippen LogP contribution in [0.4, 0.5) is 5.69 Å². The zero-order valence-electron chi connectivity index (χ0n) is 19.7. The van der Waals surface area contributed by atoms with E-state index in [-0.39, 0.29) is 11.1 Å². The van der Waals surface area contributed by atoms with Gasteiger partial charge in [-0.3, -0.25) is 9.59 Å². The van der Waals surface area contributed by atoms with Crippen LogP contribution in [-0.4, -0.2) is 22.8 Å². The summed E-state index contributed by atoms with van der Waals surface area (Å²) in [5.74, 6) is -2.97. The Hall–Kier alpha value is -4.71. The van der Waals surface area contributed by atoms with Crippen molar-refractivity contribution >= 4 is 39.9 Å². The second-order valence-corrected chi connectivity index (χ2v) is 8.80. The summed E-state index contributed by atoms with van der Waals surface area (Å²) in [6, 6.07) is 24.9. The lowest BCUT2D eigenvalue weighted by Crippen LogP contribution is -2.28. The molecule has 0 unspecified atom stereocenters. The zero-order valence-corrected chi connectivity index (χ0v) is 19.7. The highest BCUT2D eigenvalue weighted by molar-refractivity contribution is 6.47. The van der Waals surface area contributed by atoms with Crippen LogP contribution in [0.15, 0.2) is 90.5 Å². The van der Waals surface area contributed by atoms with Gasteiger partial charge in [-0.2, -0.15) is 0 Å². The van der Waals surface area contributed by atoms with E-state index in [0.717, 1.165) is 21.9 Å². The van der Waals surface area contributed by atoms with Gasteiger partial charge < -0.3 is 15.2 Å². The van der Waals surface area contributed by atoms with Crippen LogP contribution in [0.25, 0.3) is 16.5 Å². The Balaban J connectivity index is 1.62. The molecule has 0 radical (unpaired) electrons. The number of rotatable bonds is 5. The van der Waals surface area contributed by atoms with Gasteiger partial charge in [-0.05, 0) is 53.9 Å². The molecule has 0 spiro atoms. The summed E-state index contributed by atoms with van der Waals surface area (Å²) >= 11 is 0. The highest BCUT2D eigenvalue weighted by atomic mass is 16.5. The maximum absolute atomic E-state index is 13.6. The highest BCUT2D eigenvalue weighted by Crippen LogP contribution is 2.39. The van der Waals surface area contributed by atoms with Crippen LogP contribution in [0.2, 0.25) is 0 Å². The molecule has 0 aromatic heterocycles. The Bertz CT molecular complexity index is 1580. The summed E-state index contributed by atoms with van der Waals surface area (Å²) in [5, 5.41) is 15.8. The Labute approximate surface area is 207 Å². The number of cyclic esters (lactones) is 1. The fourth-order valence-electron chi connectivity index (χ4n) is 4.37. The Kier molecular flexibility index (Phi) is 5.86. The number of carbonyl (C=O) groups excluding carboxylic acids is 3. The number of amides is 1. The van der Waals surface area contributed by atoms with Crippen molar-refractivity contribution < 1.29 is 24.2 Å². The normalized spacial score (nSPS) is 15.2. The van der Waals surface area contributed by atoms with Gasteiger partial charge in [0.25, 0.3) is 11.7 Å². The second-order valence-electron chi connectivity index (χ2n) is 8.80. The number of Topliss-reactive ketones (excluding diaryl/α,β-unsaturated/α-hetero) is 1. The van der Waals surface area contributed by atoms with Crippen molar-refractivity contribution in [1.82, 2.24) is 0 Å². The fourth-order valence-corrected chi connectivity index (χ4v) is 4.37. The molecule has 1 atom stereocenters. The van der Waals surface area contributed by atoms with Crippen LogP contribution < -0.4 is 5.32 Å². The molecule has 0 saturated heterocycles. The van der Waals surface area contributed by atoms with Crippen LogP contribution in [0.5, 0.6) is 0 Å². The van der Waals surface area contributed by atoms with Crippen molar-refractivity contribution in [3.8, 4) is 0 Å². The van der Waals surface area contributed by atoms with Gasteiger partial charge in [-0.25, -0.2) is 4.79 Å².